The molecule has 1 amide bonds. The van der Waals surface area contributed by atoms with E-state index < -0.39 is 11.9 Å². The van der Waals surface area contributed by atoms with E-state index in [0.717, 1.165) is 0 Å². The van der Waals surface area contributed by atoms with E-state index in [0.29, 0.717) is 0 Å². The Balaban J connectivity index is 3.80. The van der Waals surface area contributed by atoms with E-state index >= 15 is 0 Å². The van der Waals surface area contributed by atoms with Crippen LogP contribution in [0, 0.1) is 0 Å². The van der Waals surface area contributed by atoms with Gasteiger partial charge in [-0.3, -0.25) is 20.3 Å². The summed E-state index contributed by atoms with van der Waals surface area (Å²) in [6, 6.07) is 0. The Morgan fingerprint density at radius 2 is 2.00 bits per heavy atom. The van der Waals surface area contributed by atoms with Crippen molar-refractivity contribution in [3.05, 3.63) is 0 Å². The standard InChI is InChI=1S/C5H11N5O3/c6-9-5(10-7)8-3(11)1-2-4(12)13/h1-2,6-7H2,(H,12,13)(H2,8,9,10,11). The van der Waals surface area contributed by atoms with Crippen molar-refractivity contribution in [1.82, 2.24) is 10.7 Å². The molecule has 0 aromatic rings. The van der Waals surface area contributed by atoms with Crippen molar-refractivity contribution in [3.8, 4) is 0 Å². The molecule has 0 saturated heterocycles. The van der Waals surface area contributed by atoms with Gasteiger partial charge < -0.3 is 10.9 Å². The molecule has 13 heavy (non-hydrogen) atoms. The molecule has 0 fully saturated rings. The smallest absolute Gasteiger partial charge is 0.303 e. The fourth-order valence-electron chi connectivity index (χ4n) is 0.521. The topological polar surface area (TPSA) is 143 Å². The highest BCUT2D eigenvalue weighted by molar-refractivity contribution is 5.97. The monoisotopic (exact) mass is 189 g/mol. The molecule has 0 aromatic carbocycles. The largest absolute Gasteiger partial charge is 0.481 e. The lowest BCUT2D eigenvalue weighted by Crippen LogP contribution is -2.45. The van der Waals surface area contributed by atoms with Crippen LogP contribution < -0.4 is 22.4 Å². The van der Waals surface area contributed by atoms with Crippen LogP contribution in [0.5, 0.6) is 0 Å². The van der Waals surface area contributed by atoms with Crippen molar-refractivity contribution >= 4 is 17.8 Å². The summed E-state index contributed by atoms with van der Waals surface area (Å²) in [5.74, 6) is 8.01. The lowest BCUT2D eigenvalue weighted by atomic mass is 10.3. The van der Waals surface area contributed by atoms with Crippen molar-refractivity contribution in [2.45, 2.75) is 12.8 Å². The van der Waals surface area contributed by atoms with Crippen LogP contribution >= 0.6 is 0 Å². The Kier molecular flexibility index (Phi) is 4.96. The zero-order valence-electron chi connectivity index (χ0n) is 6.78. The van der Waals surface area contributed by atoms with E-state index in [1.165, 1.54) is 0 Å². The normalized spacial score (nSPS) is 10.7. The van der Waals surface area contributed by atoms with Crippen LogP contribution in [0.15, 0.2) is 5.10 Å². The van der Waals surface area contributed by atoms with Crippen molar-refractivity contribution in [2.75, 3.05) is 0 Å². The third kappa shape index (κ3) is 5.44. The molecule has 0 aliphatic heterocycles. The van der Waals surface area contributed by atoms with Crippen molar-refractivity contribution < 1.29 is 14.7 Å². The second-order valence-corrected chi connectivity index (χ2v) is 2.06. The minimum atomic E-state index is -1.05. The Bertz CT molecular complexity index is 226. The number of nitrogens with zero attached hydrogens (tertiary/aromatic N) is 1. The van der Waals surface area contributed by atoms with Gasteiger partial charge in [0.2, 0.25) is 11.9 Å². The van der Waals surface area contributed by atoms with E-state index in [2.05, 4.69) is 10.4 Å². The minimum absolute atomic E-state index is 0.115. The number of hydrogen-bond donors (Lipinski definition) is 5. The highest BCUT2D eigenvalue weighted by Crippen LogP contribution is 1.87. The summed E-state index contributed by atoms with van der Waals surface area (Å²) in [6.45, 7) is 0. The van der Waals surface area contributed by atoms with Crippen LogP contribution in [-0.2, 0) is 9.59 Å². The first-order chi connectivity index (χ1) is 6.10. The number of nitrogens with two attached hydrogens (primary N) is 2. The van der Waals surface area contributed by atoms with Crippen molar-refractivity contribution in [3.63, 3.8) is 0 Å². The average molecular weight is 189 g/mol. The average Bonchev–Trinajstić information content (AvgIpc) is 2.10. The summed E-state index contributed by atoms with van der Waals surface area (Å²) in [6.07, 6.45) is -0.412. The first kappa shape index (κ1) is 11.2. The maximum absolute atomic E-state index is 10.9. The summed E-state index contributed by atoms with van der Waals surface area (Å²) in [7, 11) is 0. The van der Waals surface area contributed by atoms with Crippen molar-refractivity contribution in [2.24, 2.45) is 16.8 Å². The molecule has 74 valence electrons. The number of carboxylic acid groups (broad SMARTS) is 1. The van der Waals surface area contributed by atoms with Crippen LogP contribution in [0.25, 0.3) is 0 Å². The number of guanidine groups is 1. The second-order valence-electron chi connectivity index (χ2n) is 2.06. The third-order valence-electron chi connectivity index (χ3n) is 1.09. The molecule has 0 spiro atoms. The fourth-order valence-corrected chi connectivity index (χ4v) is 0.521. The van der Waals surface area contributed by atoms with E-state index in [1.54, 1.807) is 0 Å². The molecule has 0 atom stereocenters. The van der Waals surface area contributed by atoms with Gasteiger partial charge in [0.05, 0.1) is 6.42 Å². The number of rotatable bonds is 3. The fraction of sp³-hybridized carbons (Fsp3) is 0.400. The predicted octanol–water partition coefficient (Wildman–Crippen LogP) is -2.34. The van der Waals surface area contributed by atoms with E-state index in [4.69, 9.17) is 16.8 Å². The van der Waals surface area contributed by atoms with E-state index in [-0.39, 0.29) is 18.8 Å². The SMILES string of the molecule is N/N=C(\NN)NC(=O)CCC(=O)O. The third-order valence-corrected chi connectivity index (χ3v) is 1.09. The van der Waals surface area contributed by atoms with Gasteiger partial charge in [0.15, 0.2) is 0 Å². The molecule has 0 radical (unpaired) electrons. The van der Waals surface area contributed by atoms with Gasteiger partial charge in [-0.1, -0.05) is 0 Å². The molecule has 0 aliphatic rings. The zero-order valence-corrected chi connectivity index (χ0v) is 6.78. The summed E-state index contributed by atoms with van der Waals surface area (Å²) in [4.78, 5) is 20.9. The summed E-state index contributed by atoms with van der Waals surface area (Å²) in [5, 5.41) is 13.5. The minimum Gasteiger partial charge on any atom is -0.481 e. The van der Waals surface area contributed by atoms with Gasteiger partial charge in [-0.25, -0.2) is 5.84 Å². The molecule has 0 saturated carbocycles. The maximum Gasteiger partial charge on any atom is 0.303 e. The number of carboxylic acids is 1. The van der Waals surface area contributed by atoms with Gasteiger partial charge in [0.1, 0.15) is 0 Å². The Morgan fingerprint density at radius 1 is 1.38 bits per heavy atom. The van der Waals surface area contributed by atoms with Gasteiger partial charge in [0, 0.05) is 6.42 Å². The molecule has 8 nitrogen and oxygen atoms in total. The molecular formula is C5H11N5O3. The Labute approximate surface area is 73.9 Å². The van der Waals surface area contributed by atoms with Crippen LogP contribution in [-0.4, -0.2) is 22.9 Å². The van der Waals surface area contributed by atoms with Crippen LogP contribution in [0.2, 0.25) is 0 Å². The molecule has 0 aliphatic carbocycles. The molecular weight excluding hydrogens is 178 g/mol. The van der Waals surface area contributed by atoms with Crippen LogP contribution in [0.1, 0.15) is 12.8 Å². The summed E-state index contributed by atoms with van der Waals surface area (Å²) in [5.41, 5.74) is 2.02. The zero-order chi connectivity index (χ0) is 10.3. The molecule has 7 N–H and O–H groups in total. The highest BCUT2D eigenvalue weighted by atomic mass is 16.4. The number of carbonyl (C=O) groups is 2. The lowest BCUT2D eigenvalue weighted by Gasteiger charge is -2.04. The molecule has 0 rings (SSSR count). The van der Waals surface area contributed by atoms with Crippen LogP contribution in [0.3, 0.4) is 0 Å². The first-order valence-electron chi connectivity index (χ1n) is 3.36. The number of aliphatic carboxylic acids is 1. The number of hydrogen-bond acceptors (Lipinski definition) is 5. The number of hydrazine groups is 1. The molecule has 8 heteroatoms. The molecule has 0 unspecified atom stereocenters. The second kappa shape index (κ2) is 5.77. The number of nitrogens with one attached hydrogen (secondary N) is 2. The quantitative estimate of drug-likeness (QED) is 0.146. The highest BCUT2D eigenvalue weighted by Gasteiger charge is 2.06. The van der Waals surface area contributed by atoms with Gasteiger partial charge in [-0.2, -0.15) is 0 Å². The molecule has 0 bridgehead atoms. The lowest BCUT2D eigenvalue weighted by molar-refractivity contribution is -0.138. The van der Waals surface area contributed by atoms with Gasteiger partial charge in [0.25, 0.3) is 0 Å². The van der Waals surface area contributed by atoms with E-state index in [1.807, 2.05) is 5.43 Å². The maximum atomic E-state index is 10.9. The summed E-state index contributed by atoms with van der Waals surface area (Å²) >= 11 is 0. The Morgan fingerprint density at radius 3 is 2.38 bits per heavy atom. The molecule has 0 aromatic heterocycles. The first-order valence-corrected chi connectivity index (χ1v) is 3.36. The van der Waals surface area contributed by atoms with E-state index in [9.17, 15) is 9.59 Å². The Hall–Kier alpha value is -1.83. The summed E-state index contributed by atoms with van der Waals surface area (Å²) < 4.78 is 0. The van der Waals surface area contributed by atoms with Crippen LogP contribution in [0.4, 0.5) is 0 Å². The van der Waals surface area contributed by atoms with Gasteiger partial charge >= 0.3 is 5.97 Å². The van der Waals surface area contributed by atoms with Gasteiger partial charge in [-0.05, 0) is 0 Å². The molecule has 0 heterocycles. The number of hydrazone groups is 1. The van der Waals surface area contributed by atoms with Crippen molar-refractivity contribution in [1.29, 1.82) is 0 Å². The number of carbonyl (C=O) groups excluding carboxylic acids is 1. The van der Waals surface area contributed by atoms with Gasteiger partial charge in [-0.15, -0.1) is 5.10 Å². The number of amides is 1. The predicted molar refractivity (Wildman–Crippen MR) is 44.0 cm³/mol.